The maximum absolute atomic E-state index is 13.0. The number of nitrogens with zero attached hydrogens (tertiary/aromatic N) is 1. The highest BCUT2D eigenvalue weighted by Crippen LogP contribution is 2.25. The highest BCUT2D eigenvalue weighted by molar-refractivity contribution is 5.94. The van der Waals surface area contributed by atoms with Gasteiger partial charge in [0.25, 0.3) is 0 Å². The molecule has 38 heavy (non-hydrogen) atoms. The van der Waals surface area contributed by atoms with E-state index in [0.717, 1.165) is 61.8 Å². The van der Waals surface area contributed by atoms with Crippen molar-refractivity contribution in [1.82, 2.24) is 15.7 Å². The third-order valence-electron chi connectivity index (χ3n) is 7.03. The van der Waals surface area contributed by atoms with Crippen molar-refractivity contribution >= 4 is 22.6 Å². The number of fused-ring (bicyclic) bond motifs is 1. The van der Waals surface area contributed by atoms with Gasteiger partial charge in [0.15, 0.2) is 6.29 Å². The lowest BCUT2D eigenvalue weighted by atomic mass is 10.1. The first kappa shape index (κ1) is 28.1. The Morgan fingerprint density at radius 3 is 2.71 bits per heavy atom. The zero-order valence-electron chi connectivity index (χ0n) is 22.3. The Hall–Kier alpha value is -2.94. The summed E-state index contributed by atoms with van der Waals surface area (Å²) in [4.78, 5) is 32.9. The zero-order valence-corrected chi connectivity index (χ0v) is 22.3. The molecule has 2 N–H and O–H groups in total. The molecule has 0 aliphatic carbocycles. The Morgan fingerprint density at radius 2 is 1.87 bits per heavy atom. The Morgan fingerprint density at radius 1 is 1.03 bits per heavy atom. The Kier molecular flexibility index (Phi) is 11.4. The van der Waals surface area contributed by atoms with E-state index >= 15 is 0 Å². The van der Waals surface area contributed by atoms with Crippen LogP contribution in [0.2, 0.25) is 0 Å². The summed E-state index contributed by atoms with van der Waals surface area (Å²) in [5, 5.41) is 5.19. The first-order chi connectivity index (χ1) is 18.7. The van der Waals surface area contributed by atoms with Gasteiger partial charge in [0.2, 0.25) is 11.8 Å². The lowest BCUT2D eigenvalue weighted by Gasteiger charge is -2.22. The van der Waals surface area contributed by atoms with Crippen LogP contribution in [-0.4, -0.2) is 62.4 Å². The van der Waals surface area contributed by atoms with E-state index < -0.39 is 0 Å². The van der Waals surface area contributed by atoms with Crippen molar-refractivity contribution in [3.8, 4) is 5.75 Å². The van der Waals surface area contributed by atoms with Crippen molar-refractivity contribution in [1.29, 1.82) is 0 Å². The van der Waals surface area contributed by atoms with Gasteiger partial charge in [-0.2, -0.15) is 0 Å². The average molecular weight is 524 g/mol. The van der Waals surface area contributed by atoms with E-state index in [2.05, 4.69) is 15.7 Å². The fourth-order valence-corrected chi connectivity index (χ4v) is 4.83. The van der Waals surface area contributed by atoms with Gasteiger partial charge in [-0.15, -0.1) is 0 Å². The van der Waals surface area contributed by atoms with Crippen molar-refractivity contribution in [3.63, 3.8) is 0 Å². The second kappa shape index (κ2) is 15.5. The molecule has 2 aromatic carbocycles. The van der Waals surface area contributed by atoms with Crippen LogP contribution in [0.4, 0.5) is 0 Å². The number of allylic oxidation sites excluding steroid dienone is 1. The van der Waals surface area contributed by atoms with Gasteiger partial charge < -0.3 is 19.7 Å². The van der Waals surface area contributed by atoms with Crippen molar-refractivity contribution in [2.75, 3.05) is 39.4 Å². The molecule has 1 atom stereocenters. The molecule has 0 saturated carbocycles. The number of hydrogen-bond acceptors (Lipinski definition) is 6. The van der Waals surface area contributed by atoms with Crippen LogP contribution in [0.25, 0.3) is 10.8 Å². The van der Waals surface area contributed by atoms with E-state index in [1.54, 1.807) is 0 Å². The van der Waals surface area contributed by atoms with E-state index in [0.29, 0.717) is 38.0 Å². The minimum Gasteiger partial charge on any atom is -0.488 e. The summed E-state index contributed by atoms with van der Waals surface area (Å²) < 4.78 is 11.6. The maximum atomic E-state index is 13.0. The summed E-state index contributed by atoms with van der Waals surface area (Å²) in [6.07, 6.45) is 9.49. The predicted molar refractivity (Wildman–Crippen MR) is 147 cm³/mol. The van der Waals surface area contributed by atoms with Gasteiger partial charge in [0.05, 0.1) is 5.57 Å². The summed E-state index contributed by atoms with van der Waals surface area (Å²) in [5.74, 6) is 0.517. The molecule has 0 bridgehead atoms. The van der Waals surface area contributed by atoms with Gasteiger partial charge in [0.1, 0.15) is 12.4 Å². The molecule has 2 fully saturated rings. The number of hydroxylamine groups is 1. The van der Waals surface area contributed by atoms with Crippen molar-refractivity contribution in [2.45, 2.75) is 64.1 Å². The van der Waals surface area contributed by atoms with Crippen molar-refractivity contribution in [3.05, 3.63) is 54.1 Å². The summed E-state index contributed by atoms with van der Waals surface area (Å²) in [7, 11) is 0. The Labute approximate surface area is 225 Å². The number of likely N-dealkylation sites (tertiary alicyclic amines) is 1. The molecule has 8 heteroatoms. The molecule has 2 aliphatic rings. The molecule has 0 spiro atoms. The van der Waals surface area contributed by atoms with Crippen LogP contribution in [0.1, 0.15) is 57.8 Å². The largest absolute Gasteiger partial charge is 0.488 e. The number of carbonyl (C=O) groups is 2. The normalized spacial score (nSPS) is 18.4. The van der Waals surface area contributed by atoms with Crippen LogP contribution in [0.5, 0.6) is 5.75 Å². The molecule has 1 unspecified atom stereocenters. The van der Waals surface area contributed by atoms with Crippen molar-refractivity contribution < 1.29 is 23.9 Å². The molecule has 2 aliphatic heterocycles. The van der Waals surface area contributed by atoms with E-state index in [4.69, 9.17) is 14.3 Å². The molecule has 0 radical (unpaired) electrons. The number of amides is 2. The van der Waals surface area contributed by atoms with Gasteiger partial charge in [-0.1, -0.05) is 42.5 Å². The van der Waals surface area contributed by atoms with Crippen LogP contribution in [-0.2, 0) is 19.2 Å². The molecule has 8 nitrogen and oxygen atoms in total. The molecule has 4 rings (SSSR count). The van der Waals surface area contributed by atoms with Crippen LogP contribution in [0, 0.1) is 0 Å². The summed E-state index contributed by atoms with van der Waals surface area (Å²) in [6.45, 7) is 4.57. The molecule has 206 valence electrons. The monoisotopic (exact) mass is 523 g/mol. The number of nitrogens with one attached hydrogen (secondary N) is 2. The van der Waals surface area contributed by atoms with Crippen LogP contribution >= 0.6 is 0 Å². The minimum atomic E-state index is -0.344. The van der Waals surface area contributed by atoms with E-state index in [9.17, 15) is 9.59 Å². The second-order valence-corrected chi connectivity index (χ2v) is 9.98. The summed E-state index contributed by atoms with van der Waals surface area (Å²) in [5.41, 5.74) is 3.11. The lowest BCUT2D eigenvalue weighted by Crippen LogP contribution is -2.35. The SMILES string of the molecule is O=C(CCCC/C=C(\COc1cccc2ccccc12)C(=O)NCCN1CCCC1)NOC1CCCCO1. The van der Waals surface area contributed by atoms with Gasteiger partial charge in [-0.3, -0.25) is 9.59 Å². The molecular formula is C30H41N3O5. The smallest absolute Gasteiger partial charge is 0.250 e. The fourth-order valence-electron chi connectivity index (χ4n) is 4.83. The second-order valence-electron chi connectivity index (χ2n) is 9.98. The van der Waals surface area contributed by atoms with Gasteiger partial charge in [-0.25, -0.2) is 10.3 Å². The van der Waals surface area contributed by atoms with Gasteiger partial charge in [-0.05, 0) is 69.5 Å². The minimum absolute atomic E-state index is 0.0944. The van der Waals surface area contributed by atoms with Crippen LogP contribution in [0.3, 0.4) is 0 Å². The fraction of sp³-hybridized carbons (Fsp3) is 0.533. The number of carbonyl (C=O) groups excluding carboxylic acids is 2. The summed E-state index contributed by atoms with van der Waals surface area (Å²) >= 11 is 0. The number of benzene rings is 2. The van der Waals surface area contributed by atoms with Crippen LogP contribution < -0.4 is 15.5 Å². The number of hydrogen-bond donors (Lipinski definition) is 2. The maximum Gasteiger partial charge on any atom is 0.250 e. The first-order valence-corrected chi connectivity index (χ1v) is 14.1. The molecule has 2 aromatic rings. The Bertz CT molecular complexity index is 1060. The number of unbranched alkanes of at least 4 members (excludes halogenated alkanes) is 2. The van der Waals surface area contributed by atoms with Gasteiger partial charge >= 0.3 is 0 Å². The highest BCUT2D eigenvalue weighted by atomic mass is 16.8. The van der Waals surface area contributed by atoms with Crippen LogP contribution in [0.15, 0.2) is 54.1 Å². The third kappa shape index (κ3) is 9.11. The van der Waals surface area contributed by atoms with Crippen molar-refractivity contribution in [2.24, 2.45) is 0 Å². The topological polar surface area (TPSA) is 89.1 Å². The Balaban J connectivity index is 1.25. The predicted octanol–water partition coefficient (Wildman–Crippen LogP) is 4.49. The van der Waals surface area contributed by atoms with Gasteiger partial charge in [0, 0.05) is 37.9 Å². The lowest BCUT2D eigenvalue weighted by molar-refractivity contribution is -0.200. The highest BCUT2D eigenvalue weighted by Gasteiger charge is 2.16. The first-order valence-electron chi connectivity index (χ1n) is 14.1. The molecule has 0 aromatic heterocycles. The molecular weight excluding hydrogens is 482 g/mol. The molecule has 2 amide bonds. The zero-order chi connectivity index (χ0) is 26.4. The number of rotatable bonds is 14. The third-order valence-corrected chi connectivity index (χ3v) is 7.03. The molecule has 2 heterocycles. The summed E-state index contributed by atoms with van der Waals surface area (Å²) in [6, 6.07) is 14.0. The average Bonchev–Trinajstić information content (AvgIpc) is 3.47. The number of ether oxygens (including phenoxy) is 2. The molecule has 2 saturated heterocycles. The standard InChI is InChI=1S/C30H41N3O5/c34-28(32-38-29-17-6-9-22-36-29)16-3-1-2-12-25(30(35)31-18-21-33-19-7-8-20-33)23-37-27-15-10-13-24-11-4-5-14-26(24)27/h4-5,10-15,29H,1-3,6-9,16-23H2,(H,31,35)(H,32,34)/b25-12+. The van der Waals surface area contributed by atoms with E-state index in [-0.39, 0.29) is 24.7 Å². The quantitative estimate of drug-likeness (QED) is 0.215. The van der Waals surface area contributed by atoms with E-state index in [1.807, 2.05) is 48.5 Å². The van der Waals surface area contributed by atoms with E-state index in [1.165, 1.54) is 12.8 Å².